The fourth-order valence-electron chi connectivity index (χ4n) is 7.19. The molecule has 5 rings (SSSR count). The van der Waals surface area contributed by atoms with Crippen molar-refractivity contribution in [2.45, 2.75) is 129 Å². The summed E-state index contributed by atoms with van der Waals surface area (Å²) < 4.78 is 65.4. The van der Waals surface area contributed by atoms with Crippen molar-refractivity contribution in [1.82, 2.24) is 0 Å². The Morgan fingerprint density at radius 2 is 1.46 bits per heavy atom. The predicted molar refractivity (Wildman–Crippen MR) is 174 cm³/mol. The number of carbonyl (C=O) groups excluding carboxylic acids is 5. The van der Waals surface area contributed by atoms with E-state index in [1.54, 1.807) is 13.8 Å². The Balaban J connectivity index is 1.44. The molecule has 0 N–H and O–H groups in total. The second kappa shape index (κ2) is 16.6. The van der Waals surface area contributed by atoms with E-state index in [-0.39, 0.29) is 49.3 Å². The fraction of sp³-hybridized carbons (Fsp3) is 0.694. The van der Waals surface area contributed by atoms with Crippen LogP contribution in [-0.2, 0) is 66.5 Å². The Kier molecular flexibility index (Phi) is 12.6. The van der Waals surface area contributed by atoms with Crippen molar-refractivity contribution in [2.24, 2.45) is 11.8 Å². The maximum absolute atomic E-state index is 13.4. The van der Waals surface area contributed by atoms with Gasteiger partial charge < -0.3 is 52.1 Å². The van der Waals surface area contributed by atoms with Crippen molar-refractivity contribution < 1.29 is 76.1 Å². The van der Waals surface area contributed by atoms with Gasteiger partial charge in [-0.05, 0) is 58.4 Å². The van der Waals surface area contributed by atoms with Crippen LogP contribution in [0.25, 0.3) is 0 Å². The molecule has 1 aromatic carbocycles. The molecule has 4 aliphatic rings. The zero-order valence-corrected chi connectivity index (χ0v) is 30.6. The average Bonchev–Trinajstić information content (AvgIpc) is 3.72. The van der Waals surface area contributed by atoms with Crippen LogP contribution in [0.1, 0.15) is 72.2 Å². The van der Waals surface area contributed by atoms with Crippen LogP contribution in [0.15, 0.2) is 24.3 Å². The summed E-state index contributed by atoms with van der Waals surface area (Å²) in [6.45, 7) is 12.3. The minimum Gasteiger partial charge on any atom is -0.463 e. The van der Waals surface area contributed by atoms with Crippen molar-refractivity contribution >= 4 is 29.8 Å². The first-order valence-corrected chi connectivity index (χ1v) is 17.4. The van der Waals surface area contributed by atoms with Gasteiger partial charge in [0.15, 0.2) is 18.5 Å². The summed E-state index contributed by atoms with van der Waals surface area (Å²) in [6.07, 6.45) is -8.18. The van der Waals surface area contributed by atoms with E-state index in [9.17, 15) is 24.0 Å². The van der Waals surface area contributed by atoms with E-state index >= 15 is 0 Å². The maximum Gasteiger partial charge on any atom is 0.338 e. The first kappa shape index (κ1) is 39.5. The number of ether oxygens (including phenoxy) is 11. The standard InChI is InChI=1S/C36H48O16/c1-17(2)43-15-26-29(45-18(3)4)30(47-21(7)39)31(48-22(8)40)35(49-26)51-34-27-25(13-14-42-34)28(32-36(27,52-32)16-44-19(5)37)50-33(41)23-9-11-24(12-10-23)46-20(6)38/h9-12,17-18,25-32,34-35H,13-16H2,1-8H3/t25-,26+,27-,28+,29+,30-,31+,32+,34+,35-,36-/m1/s1. The van der Waals surface area contributed by atoms with Gasteiger partial charge in [0.1, 0.15) is 42.4 Å². The Morgan fingerprint density at radius 3 is 2.06 bits per heavy atom. The molecule has 0 aromatic heterocycles. The molecule has 16 heteroatoms. The third kappa shape index (κ3) is 9.09. The maximum atomic E-state index is 13.4. The summed E-state index contributed by atoms with van der Waals surface area (Å²) in [7, 11) is 0. The summed E-state index contributed by atoms with van der Waals surface area (Å²) in [6, 6.07) is 5.92. The molecular formula is C36H48O16. The first-order valence-electron chi connectivity index (χ1n) is 17.4. The largest absolute Gasteiger partial charge is 0.463 e. The monoisotopic (exact) mass is 736 g/mol. The number of fused-ring (bicyclic) bond motifs is 3. The lowest BCUT2D eigenvalue weighted by Crippen LogP contribution is -2.64. The van der Waals surface area contributed by atoms with Gasteiger partial charge in [0, 0.05) is 33.6 Å². The molecule has 0 radical (unpaired) electrons. The highest BCUT2D eigenvalue weighted by molar-refractivity contribution is 5.89. The quantitative estimate of drug-likeness (QED) is 0.117. The highest BCUT2D eigenvalue weighted by atomic mass is 16.8. The molecule has 288 valence electrons. The van der Waals surface area contributed by atoms with Crippen molar-refractivity contribution in [3.63, 3.8) is 0 Å². The Hall–Kier alpha value is -3.67. The van der Waals surface area contributed by atoms with E-state index in [2.05, 4.69) is 0 Å². The van der Waals surface area contributed by atoms with Crippen LogP contribution in [0.5, 0.6) is 5.75 Å². The van der Waals surface area contributed by atoms with E-state index in [1.807, 2.05) is 13.8 Å². The lowest BCUT2D eigenvalue weighted by molar-refractivity contribution is -0.362. The molecule has 0 bridgehead atoms. The Morgan fingerprint density at radius 1 is 0.788 bits per heavy atom. The van der Waals surface area contributed by atoms with Crippen LogP contribution in [0, 0.1) is 11.8 Å². The molecule has 0 spiro atoms. The van der Waals surface area contributed by atoms with Gasteiger partial charge in [0.25, 0.3) is 0 Å². The summed E-state index contributed by atoms with van der Waals surface area (Å²) in [5.41, 5.74) is -0.926. The van der Waals surface area contributed by atoms with Crippen LogP contribution >= 0.6 is 0 Å². The molecule has 3 saturated heterocycles. The van der Waals surface area contributed by atoms with E-state index in [0.717, 1.165) is 0 Å². The first-order chi connectivity index (χ1) is 24.6. The minimum absolute atomic E-state index is 0.0263. The number of esters is 5. The lowest BCUT2D eigenvalue weighted by Gasteiger charge is -2.47. The van der Waals surface area contributed by atoms with Crippen molar-refractivity contribution in [3.05, 3.63) is 29.8 Å². The molecular weight excluding hydrogens is 688 g/mol. The van der Waals surface area contributed by atoms with Crippen molar-refractivity contribution in [3.8, 4) is 5.75 Å². The number of carbonyl (C=O) groups is 5. The molecule has 0 unspecified atom stereocenters. The van der Waals surface area contributed by atoms with Crippen LogP contribution < -0.4 is 4.74 Å². The van der Waals surface area contributed by atoms with E-state index in [0.29, 0.717) is 6.42 Å². The highest BCUT2D eigenvalue weighted by Gasteiger charge is 2.78. The van der Waals surface area contributed by atoms with Crippen LogP contribution in [-0.4, -0.2) is 117 Å². The molecule has 16 nitrogen and oxygen atoms in total. The van der Waals surface area contributed by atoms with Crippen molar-refractivity contribution in [2.75, 3.05) is 19.8 Å². The Bertz CT molecular complexity index is 1460. The smallest absolute Gasteiger partial charge is 0.338 e. The van der Waals surface area contributed by atoms with Gasteiger partial charge in [-0.15, -0.1) is 0 Å². The van der Waals surface area contributed by atoms with Crippen LogP contribution in [0.4, 0.5) is 0 Å². The number of hydrogen-bond acceptors (Lipinski definition) is 16. The van der Waals surface area contributed by atoms with Gasteiger partial charge >= 0.3 is 29.8 Å². The third-order valence-corrected chi connectivity index (χ3v) is 9.13. The molecule has 0 amide bonds. The molecule has 4 fully saturated rings. The predicted octanol–water partition coefficient (Wildman–Crippen LogP) is 2.65. The molecule has 11 atom stereocenters. The molecule has 3 heterocycles. The number of epoxide rings is 1. The van der Waals surface area contributed by atoms with Gasteiger partial charge in [-0.2, -0.15) is 0 Å². The molecule has 1 aliphatic carbocycles. The zero-order chi connectivity index (χ0) is 37.9. The van der Waals surface area contributed by atoms with Gasteiger partial charge in [-0.1, -0.05) is 0 Å². The molecule has 52 heavy (non-hydrogen) atoms. The van der Waals surface area contributed by atoms with E-state index in [4.69, 9.17) is 52.1 Å². The number of benzene rings is 1. The summed E-state index contributed by atoms with van der Waals surface area (Å²) in [5.74, 6) is -3.77. The van der Waals surface area contributed by atoms with E-state index < -0.39 is 90.6 Å². The lowest BCUT2D eigenvalue weighted by atomic mass is 9.83. The summed E-state index contributed by atoms with van der Waals surface area (Å²) in [4.78, 5) is 61.6. The Labute approximate surface area is 301 Å². The van der Waals surface area contributed by atoms with Gasteiger partial charge in [0.05, 0.1) is 36.9 Å². The zero-order valence-electron chi connectivity index (χ0n) is 30.6. The molecule has 1 aromatic rings. The third-order valence-electron chi connectivity index (χ3n) is 9.13. The van der Waals surface area contributed by atoms with Gasteiger partial charge in [-0.25, -0.2) is 4.79 Å². The second-order valence-electron chi connectivity index (χ2n) is 13.8. The fourth-order valence-corrected chi connectivity index (χ4v) is 7.19. The topological polar surface area (TPSA) is 190 Å². The highest BCUT2D eigenvalue weighted by Crippen LogP contribution is 2.61. The van der Waals surface area contributed by atoms with Crippen LogP contribution in [0.3, 0.4) is 0 Å². The van der Waals surface area contributed by atoms with Gasteiger partial charge in [0.2, 0.25) is 6.29 Å². The van der Waals surface area contributed by atoms with Gasteiger partial charge in [-0.3, -0.25) is 19.2 Å². The minimum atomic E-state index is -1.36. The summed E-state index contributed by atoms with van der Waals surface area (Å²) in [5, 5.41) is 0. The van der Waals surface area contributed by atoms with Crippen molar-refractivity contribution in [1.29, 1.82) is 0 Å². The summed E-state index contributed by atoms with van der Waals surface area (Å²) >= 11 is 0. The normalized spacial score (nSPS) is 33.4. The van der Waals surface area contributed by atoms with E-state index in [1.165, 1.54) is 52.0 Å². The van der Waals surface area contributed by atoms with Crippen LogP contribution in [0.2, 0.25) is 0 Å². The number of hydrogen-bond donors (Lipinski definition) is 0. The SMILES string of the molecule is CC(=O)OC[C@]12O[C@H]1[C@@H](OC(=O)c1ccc(OC(C)=O)cc1)[C@@H]1CCO[C@@H](O[C@H]3O[C@@H](COC(C)C)[C@H](OC(C)C)[C@@H](OC(C)=O)[C@@H]3OC(C)=O)[C@@H]12. The second-order valence-corrected chi connectivity index (χ2v) is 13.8. The number of rotatable bonds is 14. The molecule has 3 aliphatic heterocycles. The average molecular weight is 737 g/mol. The molecule has 1 saturated carbocycles.